The van der Waals surface area contributed by atoms with Crippen LogP contribution in [0, 0.1) is 6.92 Å². The van der Waals surface area contributed by atoms with Gasteiger partial charge in [-0.3, -0.25) is 4.79 Å². The number of carboxylic acids is 1. The lowest BCUT2D eigenvalue weighted by molar-refractivity contribution is -0.138. The molecular formula is C14H18N2O3. The van der Waals surface area contributed by atoms with Gasteiger partial charge in [0.05, 0.1) is 18.5 Å². The molecule has 2 aromatic rings. The molecule has 0 saturated heterocycles. The average Bonchev–Trinajstić information content (AvgIpc) is 2.64. The summed E-state index contributed by atoms with van der Waals surface area (Å²) in [5, 5.41) is 10.2. The quantitative estimate of drug-likeness (QED) is 0.877. The largest absolute Gasteiger partial charge is 0.495 e. The molecule has 0 aliphatic carbocycles. The molecular weight excluding hydrogens is 244 g/mol. The van der Waals surface area contributed by atoms with Crippen LogP contribution in [-0.4, -0.2) is 29.3 Å². The van der Waals surface area contributed by atoms with Gasteiger partial charge in [-0.2, -0.15) is 0 Å². The zero-order valence-corrected chi connectivity index (χ0v) is 11.3. The third-order valence-electron chi connectivity index (χ3n) is 3.62. The lowest BCUT2D eigenvalue weighted by Crippen LogP contribution is -2.21. The summed E-state index contributed by atoms with van der Waals surface area (Å²) in [4.78, 5) is 11.4. The van der Waals surface area contributed by atoms with Gasteiger partial charge in [0.15, 0.2) is 0 Å². The molecule has 5 heteroatoms. The Balaban J connectivity index is 2.82. The highest BCUT2D eigenvalue weighted by Gasteiger charge is 2.26. The number of carbonyl (C=O) groups is 1. The van der Waals surface area contributed by atoms with E-state index in [4.69, 9.17) is 10.5 Å². The number of benzene rings is 1. The number of nitrogens with zero attached hydrogens (tertiary/aromatic N) is 1. The Labute approximate surface area is 111 Å². The summed E-state index contributed by atoms with van der Waals surface area (Å²) in [7, 11) is 3.51. The number of hydrogen-bond donors (Lipinski definition) is 2. The zero-order valence-electron chi connectivity index (χ0n) is 11.3. The maximum absolute atomic E-state index is 11.4. The molecule has 1 unspecified atom stereocenters. The fourth-order valence-corrected chi connectivity index (χ4v) is 2.58. The van der Waals surface area contributed by atoms with Crippen LogP contribution in [-0.2, 0) is 11.8 Å². The number of carboxylic acid groups (broad SMARTS) is 1. The summed E-state index contributed by atoms with van der Waals surface area (Å²) in [5.41, 5.74) is 8.19. The predicted molar refractivity (Wildman–Crippen MR) is 73.6 cm³/mol. The van der Waals surface area contributed by atoms with Gasteiger partial charge in [0.1, 0.15) is 5.75 Å². The fraction of sp³-hybridized carbons (Fsp3) is 0.357. The summed E-state index contributed by atoms with van der Waals surface area (Å²) in [6.45, 7) is 1.98. The summed E-state index contributed by atoms with van der Waals surface area (Å²) < 4.78 is 7.30. The Kier molecular flexibility index (Phi) is 3.48. The highest BCUT2D eigenvalue weighted by molar-refractivity contribution is 5.94. The number of aromatic nitrogens is 1. The Bertz CT molecular complexity index is 631. The normalized spacial score (nSPS) is 12.6. The molecule has 0 aliphatic heterocycles. The van der Waals surface area contributed by atoms with Gasteiger partial charge in [0.25, 0.3) is 0 Å². The number of fused-ring (bicyclic) bond motifs is 1. The first kappa shape index (κ1) is 13.4. The second kappa shape index (κ2) is 4.93. The van der Waals surface area contributed by atoms with E-state index < -0.39 is 11.9 Å². The van der Waals surface area contributed by atoms with Crippen LogP contribution >= 0.6 is 0 Å². The molecule has 1 aromatic heterocycles. The van der Waals surface area contributed by atoms with Crippen LogP contribution < -0.4 is 10.5 Å². The molecule has 5 nitrogen and oxygen atoms in total. The second-order valence-corrected chi connectivity index (χ2v) is 4.54. The van der Waals surface area contributed by atoms with Crippen molar-refractivity contribution in [3.8, 4) is 5.75 Å². The highest BCUT2D eigenvalue weighted by Crippen LogP contribution is 2.35. The molecule has 2 rings (SSSR count). The van der Waals surface area contributed by atoms with E-state index >= 15 is 0 Å². The van der Waals surface area contributed by atoms with Crippen LogP contribution in [0.5, 0.6) is 5.75 Å². The molecule has 0 amide bonds. The minimum absolute atomic E-state index is 0.0759. The average molecular weight is 262 g/mol. The Hall–Kier alpha value is -2.01. The van der Waals surface area contributed by atoms with Crippen molar-refractivity contribution in [1.82, 2.24) is 4.57 Å². The van der Waals surface area contributed by atoms with Crippen molar-refractivity contribution in [3.05, 3.63) is 29.5 Å². The van der Waals surface area contributed by atoms with E-state index in [-0.39, 0.29) is 6.54 Å². The fourth-order valence-electron chi connectivity index (χ4n) is 2.58. The minimum Gasteiger partial charge on any atom is -0.495 e. The predicted octanol–water partition coefficient (Wildman–Crippen LogP) is 1.62. The molecule has 0 saturated carbocycles. The van der Waals surface area contributed by atoms with Gasteiger partial charge in [-0.25, -0.2) is 0 Å². The van der Waals surface area contributed by atoms with Gasteiger partial charge < -0.3 is 20.1 Å². The number of ether oxygens (including phenoxy) is 1. The Morgan fingerprint density at radius 2 is 2.21 bits per heavy atom. The van der Waals surface area contributed by atoms with E-state index in [2.05, 4.69) is 0 Å². The minimum atomic E-state index is -0.902. The molecule has 0 fully saturated rings. The number of aliphatic carboxylic acids is 1. The van der Waals surface area contributed by atoms with E-state index in [0.717, 1.165) is 27.9 Å². The van der Waals surface area contributed by atoms with Crippen molar-refractivity contribution in [2.45, 2.75) is 12.8 Å². The van der Waals surface area contributed by atoms with E-state index in [1.807, 2.05) is 36.7 Å². The van der Waals surface area contributed by atoms with Crippen LogP contribution in [0.3, 0.4) is 0 Å². The van der Waals surface area contributed by atoms with Gasteiger partial charge >= 0.3 is 5.97 Å². The summed E-state index contributed by atoms with van der Waals surface area (Å²) >= 11 is 0. The van der Waals surface area contributed by atoms with Gasteiger partial charge in [0.2, 0.25) is 0 Å². The summed E-state index contributed by atoms with van der Waals surface area (Å²) in [5.74, 6) is -0.868. The number of hydrogen-bond acceptors (Lipinski definition) is 3. The van der Waals surface area contributed by atoms with E-state index in [1.165, 1.54) is 0 Å². The van der Waals surface area contributed by atoms with Crippen molar-refractivity contribution in [3.63, 3.8) is 0 Å². The van der Waals surface area contributed by atoms with Crippen LogP contribution in [0.4, 0.5) is 0 Å². The van der Waals surface area contributed by atoms with Gasteiger partial charge in [-0.05, 0) is 18.6 Å². The van der Waals surface area contributed by atoms with Crippen molar-refractivity contribution >= 4 is 16.9 Å². The first-order valence-corrected chi connectivity index (χ1v) is 6.07. The maximum Gasteiger partial charge on any atom is 0.312 e. The van der Waals surface area contributed by atoms with Gasteiger partial charge in [-0.1, -0.05) is 12.1 Å². The molecule has 0 bridgehead atoms. The van der Waals surface area contributed by atoms with Crippen molar-refractivity contribution in [2.24, 2.45) is 12.8 Å². The maximum atomic E-state index is 11.4. The summed E-state index contributed by atoms with van der Waals surface area (Å²) in [6.07, 6.45) is 0. The van der Waals surface area contributed by atoms with E-state index in [1.54, 1.807) is 7.11 Å². The smallest absolute Gasteiger partial charge is 0.312 e. The van der Waals surface area contributed by atoms with Crippen LogP contribution in [0.1, 0.15) is 17.2 Å². The van der Waals surface area contributed by atoms with Crippen LogP contribution in [0.25, 0.3) is 10.9 Å². The molecule has 1 heterocycles. The molecule has 102 valence electrons. The Morgan fingerprint density at radius 3 is 2.74 bits per heavy atom. The van der Waals surface area contributed by atoms with Crippen LogP contribution in [0.15, 0.2) is 18.2 Å². The molecule has 0 aliphatic rings. The summed E-state index contributed by atoms with van der Waals surface area (Å²) in [6, 6.07) is 5.63. The molecule has 0 spiro atoms. The number of methoxy groups -OCH3 is 1. The van der Waals surface area contributed by atoms with Gasteiger partial charge in [0, 0.05) is 24.7 Å². The van der Waals surface area contributed by atoms with Crippen LogP contribution in [0.2, 0.25) is 0 Å². The van der Waals surface area contributed by atoms with E-state index in [9.17, 15) is 9.90 Å². The standard InChI is InChI=1S/C14H18N2O3/c1-8-12(10(7-15)14(17)18)9-5-4-6-11(19-3)13(9)16(8)2/h4-6,10H,7,15H2,1-3H3,(H,17,18). The number of nitrogens with two attached hydrogens (primary N) is 1. The van der Waals surface area contributed by atoms with Crippen molar-refractivity contribution < 1.29 is 14.6 Å². The number of aryl methyl sites for hydroxylation is 1. The lowest BCUT2D eigenvalue weighted by atomic mass is 9.96. The zero-order chi connectivity index (χ0) is 14.2. The molecule has 1 atom stereocenters. The third-order valence-corrected chi connectivity index (χ3v) is 3.62. The number of rotatable bonds is 4. The van der Waals surface area contributed by atoms with Crippen molar-refractivity contribution in [1.29, 1.82) is 0 Å². The van der Waals surface area contributed by atoms with E-state index in [0.29, 0.717) is 0 Å². The highest BCUT2D eigenvalue weighted by atomic mass is 16.5. The number of para-hydroxylation sites is 1. The van der Waals surface area contributed by atoms with Gasteiger partial charge in [-0.15, -0.1) is 0 Å². The first-order chi connectivity index (χ1) is 9.02. The first-order valence-electron chi connectivity index (χ1n) is 6.07. The molecule has 3 N–H and O–H groups in total. The SMILES string of the molecule is COc1cccc2c(C(CN)C(=O)O)c(C)n(C)c12. The molecule has 1 aromatic carbocycles. The third kappa shape index (κ3) is 1.96. The topological polar surface area (TPSA) is 77.5 Å². The lowest BCUT2D eigenvalue weighted by Gasteiger charge is -2.10. The monoisotopic (exact) mass is 262 g/mol. The molecule has 0 radical (unpaired) electrons. The Morgan fingerprint density at radius 1 is 1.53 bits per heavy atom. The molecule has 19 heavy (non-hydrogen) atoms. The second-order valence-electron chi connectivity index (χ2n) is 4.54. The van der Waals surface area contributed by atoms with Crippen molar-refractivity contribution in [2.75, 3.05) is 13.7 Å².